The molecule has 3 rings (SSSR count). The van der Waals surface area contributed by atoms with Gasteiger partial charge >= 0.3 is 5.97 Å². The van der Waals surface area contributed by atoms with Crippen molar-refractivity contribution in [3.05, 3.63) is 55.7 Å². The Morgan fingerprint density at radius 3 is 2.83 bits per heavy atom. The topological polar surface area (TPSA) is 46.6 Å². The normalized spacial score (nSPS) is 13.6. The first-order valence-electron chi connectivity index (χ1n) is 7.00. The fourth-order valence-electron chi connectivity index (χ4n) is 2.39. The highest BCUT2D eigenvalue weighted by atomic mass is 35.5. The Labute approximate surface area is 147 Å². The van der Waals surface area contributed by atoms with Crippen LogP contribution in [0.3, 0.4) is 0 Å². The van der Waals surface area contributed by atoms with Gasteiger partial charge in [-0.15, -0.1) is 11.3 Å². The van der Waals surface area contributed by atoms with E-state index in [-0.39, 0.29) is 23.1 Å². The fraction of sp³-hybridized carbons (Fsp3) is 0.250. The molecule has 0 atom stereocenters. The molecule has 1 aliphatic rings. The van der Waals surface area contributed by atoms with Gasteiger partial charge in [0, 0.05) is 18.0 Å². The summed E-state index contributed by atoms with van der Waals surface area (Å²) in [5.41, 5.74) is 1.44. The fourth-order valence-corrected chi connectivity index (χ4v) is 3.57. The first kappa shape index (κ1) is 16.3. The van der Waals surface area contributed by atoms with E-state index < -0.39 is 5.97 Å². The zero-order valence-corrected chi connectivity index (χ0v) is 14.4. The molecule has 7 heteroatoms. The van der Waals surface area contributed by atoms with Crippen molar-refractivity contribution in [2.75, 3.05) is 13.2 Å². The van der Waals surface area contributed by atoms with Crippen molar-refractivity contribution in [1.82, 2.24) is 4.90 Å². The van der Waals surface area contributed by atoms with Gasteiger partial charge in [0.1, 0.15) is 0 Å². The summed E-state index contributed by atoms with van der Waals surface area (Å²) in [6.45, 7) is 0.942. The molecule has 1 aromatic heterocycles. The lowest BCUT2D eigenvalue weighted by molar-refractivity contribution is -0.135. The van der Waals surface area contributed by atoms with Gasteiger partial charge in [0.05, 0.1) is 15.6 Å². The quantitative estimate of drug-likeness (QED) is 0.773. The molecule has 0 bridgehead atoms. The van der Waals surface area contributed by atoms with Crippen LogP contribution in [0.25, 0.3) is 0 Å². The second kappa shape index (κ2) is 6.91. The van der Waals surface area contributed by atoms with Crippen molar-refractivity contribution in [3.8, 4) is 0 Å². The van der Waals surface area contributed by atoms with E-state index in [0.29, 0.717) is 18.1 Å². The molecule has 0 unspecified atom stereocenters. The monoisotopic (exact) mass is 369 g/mol. The molecule has 0 fully saturated rings. The van der Waals surface area contributed by atoms with Gasteiger partial charge in [-0.05, 0) is 41.6 Å². The summed E-state index contributed by atoms with van der Waals surface area (Å²) in [4.78, 5) is 27.2. The first-order chi connectivity index (χ1) is 11.0. The number of esters is 1. The maximum atomic E-state index is 12.2. The number of hydrogen-bond donors (Lipinski definition) is 0. The molecule has 0 spiro atoms. The van der Waals surface area contributed by atoms with Crippen molar-refractivity contribution < 1.29 is 14.3 Å². The Hall–Kier alpha value is -1.56. The lowest BCUT2D eigenvalue weighted by Crippen LogP contribution is -2.38. The third-order valence-corrected chi connectivity index (χ3v) is 5.40. The summed E-state index contributed by atoms with van der Waals surface area (Å²) in [5, 5.41) is 2.66. The van der Waals surface area contributed by atoms with Gasteiger partial charge in [0.25, 0.3) is 5.91 Å². The van der Waals surface area contributed by atoms with E-state index in [4.69, 9.17) is 27.9 Å². The summed E-state index contributed by atoms with van der Waals surface area (Å²) < 4.78 is 5.08. The van der Waals surface area contributed by atoms with Crippen LogP contribution in [0, 0.1) is 0 Å². The molecule has 0 saturated heterocycles. The van der Waals surface area contributed by atoms with Crippen LogP contribution in [-0.2, 0) is 22.5 Å². The van der Waals surface area contributed by atoms with E-state index in [1.807, 2.05) is 11.4 Å². The summed E-state index contributed by atoms with van der Waals surface area (Å²) in [7, 11) is 0. The summed E-state index contributed by atoms with van der Waals surface area (Å²) >= 11 is 13.4. The molecule has 2 aromatic rings. The van der Waals surface area contributed by atoms with E-state index in [9.17, 15) is 9.59 Å². The molecule has 1 aliphatic heterocycles. The highest BCUT2D eigenvalue weighted by Crippen LogP contribution is 2.24. The number of halogens is 2. The first-order valence-corrected chi connectivity index (χ1v) is 8.63. The molecular formula is C16H13Cl2NO3S. The van der Waals surface area contributed by atoms with E-state index in [1.54, 1.807) is 16.2 Å². The molecule has 120 valence electrons. The molecule has 1 amide bonds. The number of rotatable bonds is 3. The second-order valence-corrected chi connectivity index (χ2v) is 6.95. The van der Waals surface area contributed by atoms with Crippen LogP contribution in [-0.4, -0.2) is 29.9 Å². The van der Waals surface area contributed by atoms with Crippen LogP contribution in [0.1, 0.15) is 20.8 Å². The van der Waals surface area contributed by atoms with Gasteiger partial charge in [0.2, 0.25) is 0 Å². The van der Waals surface area contributed by atoms with Crippen molar-refractivity contribution >= 4 is 46.4 Å². The SMILES string of the molecule is O=C(OCC(=O)N1CCc2sccc2C1)c1ccc(Cl)c(Cl)c1. The van der Waals surface area contributed by atoms with Gasteiger partial charge in [-0.3, -0.25) is 4.79 Å². The third-order valence-electron chi connectivity index (χ3n) is 3.64. The van der Waals surface area contributed by atoms with Crippen LogP contribution in [0.2, 0.25) is 10.0 Å². The van der Waals surface area contributed by atoms with E-state index in [0.717, 1.165) is 6.42 Å². The van der Waals surface area contributed by atoms with E-state index in [1.165, 1.54) is 28.6 Å². The molecule has 0 radical (unpaired) electrons. The molecule has 0 aliphatic carbocycles. The highest BCUT2D eigenvalue weighted by molar-refractivity contribution is 7.10. The average molecular weight is 370 g/mol. The number of nitrogens with zero attached hydrogens (tertiary/aromatic N) is 1. The molecule has 4 nitrogen and oxygen atoms in total. The summed E-state index contributed by atoms with van der Waals surface area (Å²) in [5.74, 6) is -0.791. The molecule has 0 N–H and O–H groups in total. The van der Waals surface area contributed by atoms with Crippen molar-refractivity contribution in [3.63, 3.8) is 0 Å². The van der Waals surface area contributed by atoms with Crippen molar-refractivity contribution in [1.29, 1.82) is 0 Å². The Bertz CT molecular complexity index is 760. The standard InChI is InChI=1S/C16H13Cl2NO3S/c17-12-2-1-10(7-13(12)18)16(21)22-9-15(20)19-5-3-14-11(8-19)4-6-23-14/h1-2,4,6-7H,3,5,8-9H2. The smallest absolute Gasteiger partial charge is 0.338 e. The predicted molar refractivity (Wildman–Crippen MR) is 90.2 cm³/mol. The molecule has 1 aromatic carbocycles. The lowest BCUT2D eigenvalue weighted by atomic mass is 10.1. The Morgan fingerprint density at radius 1 is 1.22 bits per heavy atom. The van der Waals surface area contributed by atoms with Crippen molar-refractivity contribution in [2.24, 2.45) is 0 Å². The van der Waals surface area contributed by atoms with Gasteiger partial charge < -0.3 is 9.64 Å². The van der Waals surface area contributed by atoms with Gasteiger partial charge in [-0.2, -0.15) is 0 Å². The van der Waals surface area contributed by atoms with Crippen LogP contribution in [0.5, 0.6) is 0 Å². The largest absolute Gasteiger partial charge is 0.452 e. The molecule has 2 heterocycles. The minimum Gasteiger partial charge on any atom is -0.452 e. The van der Waals surface area contributed by atoms with E-state index in [2.05, 4.69) is 0 Å². The average Bonchev–Trinajstić information content (AvgIpc) is 3.02. The minimum atomic E-state index is -0.592. The molecule has 23 heavy (non-hydrogen) atoms. The lowest BCUT2D eigenvalue weighted by Gasteiger charge is -2.26. The zero-order valence-electron chi connectivity index (χ0n) is 12.1. The number of hydrogen-bond acceptors (Lipinski definition) is 4. The number of amides is 1. The van der Waals surface area contributed by atoms with Gasteiger partial charge in [-0.1, -0.05) is 23.2 Å². The number of ether oxygens (including phenoxy) is 1. The van der Waals surface area contributed by atoms with Crippen LogP contribution in [0.15, 0.2) is 29.6 Å². The van der Waals surface area contributed by atoms with E-state index >= 15 is 0 Å². The maximum absolute atomic E-state index is 12.2. The minimum absolute atomic E-state index is 0.199. The molecular weight excluding hydrogens is 357 g/mol. The predicted octanol–water partition coefficient (Wildman–Crippen LogP) is 3.80. The number of carbonyl (C=O) groups is 2. The number of benzene rings is 1. The van der Waals surface area contributed by atoms with Crippen LogP contribution < -0.4 is 0 Å². The Balaban J connectivity index is 1.57. The highest BCUT2D eigenvalue weighted by Gasteiger charge is 2.22. The Kier molecular flexibility index (Phi) is 4.90. The van der Waals surface area contributed by atoms with Gasteiger partial charge in [0.15, 0.2) is 6.61 Å². The maximum Gasteiger partial charge on any atom is 0.338 e. The summed E-state index contributed by atoms with van der Waals surface area (Å²) in [6.07, 6.45) is 0.847. The van der Waals surface area contributed by atoms with Gasteiger partial charge in [-0.25, -0.2) is 4.79 Å². The van der Waals surface area contributed by atoms with Crippen molar-refractivity contribution in [2.45, 2.75) is 13.0 Å². The number of thiophene rings is 1. The summed E-state index contributed by atoms with van der Waals surface area (Å²) in [6, 6.07) is 6.49. The third kappa shape index (κ3) is 3.68. The van der Waals surface area contributed by atoms with Crippen LogP contribution in [0.4, 0.5) is 0 Å². The molecule has 0 saturated carbocycles. The number of fused-ring (bicyclic) bond motifs is 1. The Morgan fingerprint density at radius 2 is 2.04 bits per heavy atom. The second-order valence-electron chi connectivity index (χ2n) is 5.14. The number of carbonyl (C=O) groups excluding carboxylic acids is 2. The zero-order chi connectivity index (χ0) is 16.4. The van der Waals surface area contributed by atoms with Crippen LogP contribution >= 0.6 is 34.5 Å².